The number of hydrogen-bond donors (Lipinski definition) is 0. The Hall–Kier alpha value is -9.17. The van der Waals surface area contributed by atoms with Crippen LogP contribution in [0.2, 0.25) is 0 Å². The second kappa shape index (κ2) is 28.9. The molecule has 0 saturated carbocycles. The molecule has 0 aliphatic rings. The summed E-state index contributed by atoms with van der Waals surface area (Å²) in [4.78, 5) is 0. The van der Waals surface area contributed by atoms with Gasteiger partial charge in [0.15, 0.2) is 16.1 Å². The zero-order chi connectivity index (χ0) is 87.8. The summed E-state index contributed by atoms with van der Waals surface area (Å²) in [5.41, 5.74) is -42.2. The van der Waals surface area contributed by atoms with Gasteiger partial charge < -0.3 is 0 Å². The predicted octanol–water partition coefficient (Wildman–Crippen LogP) is 22.4. The second-order valence-electron chi connectivity index (χ2n) is 23.9. The summed E-state index contributed by atoms with van der Waals surface area (Å²) in [5, 5.41) is -17.2. The van der Waals surface area contributed by atoms with E-state index in [-0.39, 0.29) is 0 Å². The Morgan fingerprint density at radius 1 is 0.0965 bits per heavy atom. The van der Waals surface area contributed by atoms with E-state index in [2.05, 4.69) is 0 Å². The van der Waals surface area contributed by atoms with Crippen LogP contribution in [0.5, 0.6) is 0 Å². The van der Waals surface area contributed by atoms with Crippen molar-refractivity contribution in [2.45, 2.75) is 98.8 Å². The van der Waals surface area contributed by atoms with E-state index >= 15 is 0 Å². The van der Waals surface area contributed by atoms with Gasteiger partial charge in [-0.25, -0.2) is 0 Å². The summed E-state index contributed by atoms with van der Waals surface area (Å²) in [6.07, 6.45) is -97.8. The van der Waals surface area contributed by atoms with Gasteiger partial charge in [0.05, 0.1) is 89.0 Å². The summed E-state index contributed by atoms with van der Waals surface area (Å²) in [6, 6.07) is -17.0. The fraction of sp³-hybridized carbons (Fsp3) is 0.250. The fourth-order valence-electron chi connectivity index (χ4n) is 11.4. The van der Waals surface area contributed by atoms with Crippen molar-refractivity contribution in [1.29, 1.82) is 0 Å². The standard InChI is InChI=1S/2C32H12F24Si/c2*33-25(34,35)13-1-14(26(36,37)38)6-21(5-13)57(22-7-15(27(39,40)41)2-16(8-22)28(42,43)44,23-9-17(29(45,46)47)3-18(10-23)30(48,49)50)24-11-19(31(51,52)53)4-20(12-24)32(54,55)56/h2*1-12H. The van der Waals surface area contributed by atoms with Crippen LogP contribution in [0.3, 0.4) is 0 Å². The molecule has 8 rings (SSSR count). The molecule has 0 nitrogen and oxygen atoms in total. The first-order chi connectivity index (χ1) is 50.5. The van der Waals surface area contributed by atoms with Gasteiger partial charge in [-0.15, -0.1) is 0 Å². The summed E-state index contributed by atoms with van der Waals surface area (Å²) in [6.45, 7) is 0. The molecule has 0 aliphatic carbocycles. The van der Waals surface area contributed by atoms with Crippen molar-refractivity contribution < 1.29 is 211 Å². The summed E-state index contributed by atoms with van der Waals surface area (Å²) >= 11 is 0. The first-order valence-corrected chi connectivity index (χ1v) is 32.9. The van der Waals surface area contributed by atoms with Crippen LogP contribution >= 0.6 is 0 Å². The van der Waals surface area contributed by atoms with Crippen molar-refractivity contribution in [3.05, 3.63) is 235 Å². The van der Waals surface area contributed by atoms with Crippen molar-refractivity contribution in [1.82, 2.24) is 0 Å². The largest absolute Gasteiger partial charge is 0.416 e. The average Bonchev–Trinajstić information content (AvgIpc) is 0.711. The van der Waals surface area contributed by atoms with Crippen LogP contribution in [0.4, 0.5) is 211 Å². The summed E-state index contributed by atoms with van der Waals surface area (Å²) in [7, 11) is -14.4. The maximum absolute atomic E-state index is 14.2. The Labute approximate surface area is 600 Å². The molecule has 8 aromatic rings. The third-order valence-corrected chi connectivity index (χ3v) is 25.4. The molecule has 0 aromatic heterocycles. The molecule has 50 heteroatoms. The Kier molecular flexibility index (Phi) is 23.3. The molecule has 0 spiro atoms. The van der Waals surface area contributed by atoms with Gasteiger partial charge in [0.2, 0.25) is 0 Å². The van der Waals surface area contributed by atoms with Crippen LogP contribution in [-0.4, -0.2) is 16.1 Å². The second-order valence-corrected chi connectivity index (χ2v) is 31.5. The minimum atomic E-state index is -7.18. The number of hydrogen-bond acceptors (Lipinski definition) is 0. The molecule has 0 amide bonds. The first kappa shape index (κ1) is 92.0. The maximum Gasteiger partial charge on any atom is 0.416 e. The smallest absolute Gasteiger partial charge is 0.166 e. The minimum Gasteiger partial charge on any atom is -0.166 e. The fourth-order valence-corrected chi connectivity index (χ4v) is 21.3. The number of benzene rings is 8. The van der Waals surface area contributed by atoms with Gasteiger partial charge >= 0.3 is 98.8 Å². The molecule has 8 aromatic carbocycles. The van der Waals surface area contributed by atoms with E-state index in [9.17, 15) is 211 Å². The van der Waals surface area contributed by atoms with Crippen LogP contribution in [0.15, 0.2) is 146 Å². The van der Waals surface area contributed by atoms with E-state index in [1.54, 1.807) is 0 Å². The quantitative estimate of drug-likeness (QED) is 0.0808. The number of halogens is 48. The van der Waals surface area contributed by atoms with Gasteiger partial charge in [0.25, 0.3) is 0 Å². The zero-order valence-corrected chi connectivity index (χ0v) is 55.0. The first-order valence-electron chi connectivity index (χ1n) is 28.9. The molecule has 0 fully saturated rings. The van der Waals surface area contributed by atoms with Crippen LogP contribution in [0.1, 0.15) is 89.0 Å². The summed E-state index contributed by atoms with van der Waals surface area (Å²) < 4.78 is 682. The van der Waals surface area contributed by atoms with Crippen LogP contribution in [0, 0.1) is 0 Å². The third-order valence-electron chi connectivity index (χ3n) is 16.2. The van der Waals surface area contributed by atoms with Gasteiger partial charge in [-0.2, -0.15) is 211 Å². The number of alkyl halides is 48. The highest BCUT2D eigenvalue weighted by Gasteiger charge is 2.56. The van der Waals surface area contributed by atoms with E-state index < -0.39 is 391 Å². The van der Waals surface area contributed by atoms with Crippen LogP contribution in [0.25, 0.3) is 0 Å². The zero-order valence-electron chi connectivity index (χ0n) is 53.0. The average molecular weight is 1760 g/mol. The monoisotopic (exact) mass is 1760 g/mol. The molecule has 0 N–H and O–H groups in total. The predicted molar refractivity (Wildman–Crippen MR) is 300 cm³/mol. The Morgan fingerprint density at radius 3 is 0.193 bits per heavy atom. The molecule has 0 heterocycles. The third kappa shape index (κ3) is 20.0. The van der Waals surface area contributed by atoms with Crippen LogP contribution in [-0.2, 0) is 98.8 Å². The molecular formula is C64H24F48Si2. The maximum atomic E-state index is 14.2. The normalized spacial score (nSPS) is 14.3. The van der Waals surface area contributed by atoms with Crippen molar-refractivity contribution in [3.63, 3.8) is 0 Å². The van der Waals surface area contributed by atoms with E-state index in [4.69, 9.17) is 0 Å². The molecule has 0 atom stereocenters. The highest BCUT2D eigenvalue weighted by atomic mass is 28.3. The van der Waals surface area contributed by atoms with Gasteiger partial charge in [-0.1, -0.05) is 0 Å². The van der Waals surface area contributed by atoms with Gasteiger partial charge in [0, 0.05) is 0 Å². The molecule has 0 aliphatic heterocycles. The molecule has 114 heavy (non-hydrogen) atoms. The lowest BCUT2D eigenvalue weighted by Crippen LogP contribution is -2.75. The molecular weight excluding hydrogens is 1740 g/mol. The minimum absolute atomic E-state index is 0.657. The lowest BCUT2D eigenvalue weighted by Gasteiger charge is -2.37. The molecule has 0 saturated heterocycles. The lowest BCUT2D eigenvalue weighted by atomic mass is 10.1. The molecule has 0 unspecified atom stereocenters. The Bertz CT molecular complexity index is 3700. The van der Waals surface area contributed by atoms with Crippen molar-refractivity contribution in [3.8, 4) is 0 Å². The topological polar surface area (TPSA) is 0 Å². The van der Waals surface area contributed by atoms with Gasteiger partial charge in [-0.05, 0) is 187 Å². The van der Waals surface area contributed by atoms with E-state index in [1.807, 2.05) is 0 Å². The van der Waals surface area contributed by atoms with E-state index in [0.29, 0.717) is 0 Å². The lowest BCUT2D eigenvalue weighted by molar-refractivity contribution is -0.144. The van der Waals surface area contributed by atoms with Crippen molar-refractivity contribution >= 4 is 57.6 Å². The molecule has 0 radical (unpaired) electrons. The SMILES string of the molecule is FC(F)(F)c1cc(C(F)(F)F)cc([Si](c2cc(C(F)(F)F)cc(C(F)(F)F)c2)(c2cc(C(F)(F)F)cc(C(F)(F)F)c2)c2cc(C(F)(F)F)cc(C(F)(F)F)c2)c1.FC(F)(F)c1cc(C(F)(F)F)cc([Si](c2cc(C(F)(F)F)cc(C(F)(F)F)c2)(c2cc(C(F)(F)F)cc(C(F)(F)F)c2)c2cc(C(F)(F)F)cc(C(F)(F)F)c2)c1. The Balaban J connectivity index is 0.000000316. The van der Waals surface area contributed by atoms with E-state index in [1.165, 1.54) is 0 Å². The number of rotatable bonds is 8. The van der Waals surface area contributed by atoms with Crippen molar-refractivity contribution in [2.75, 3.05) is 0 Å². The van der Waals surface area contributed by atoms with Crippen molar-refractivity contribution in [2.24, 2.45) is 0 Å². The highest BCUT2D eigenvalue weighted by molar-refractivity contribution is 7.20. The summed E-state index contributed by atoms with van der Waals surface area (Å²) in [5.74, 6) is 0. The highest BCUT2D eigenvalue weighted by Crippen LogP contribution is 2.46. The van der Waals surface area contributed by atoms with Gasteiger partial charge in [-0.3, -0.25) is 0 Å². The van der Waals surface area contributed by atoms with Crippen LogP contribution < -0.4 is 41.5 Å². The van der Waals surface area contributed by atoms with Gasteiger partial charge in [0.1, 0.15) is 0 Å². The van der Waals surface area contributed by atoms with E-state index in [0.717, 1.165) is 0 Å². The molecule has 624 valence electrons. The Morgan fingerprint density at radius 2 is 0.149 bits per heavy atom. The molecule has 0 bridgehead atoms.